The monoisotopic (exact) mass is 328 g/mol. The summed E-state index contributed by atoms with van der Waals surface area (Å²) >= 11 is 1.79. The number of aryl methyl sites for hydroxylation is 1. The third-order valence-electron chi connectivity index (χ3n) is 3.85. The number of hydrogen-bond acceptors (Lipinski definition) is 3. The van der Waals surface area contributed by atoms with Gasteiger partial charge >= 0.3 is 0 Å². The molecular formula is C18H24N4S. The van der Waals surface area contributed by atoms with Crippen LogP contribution in [-0.4, -0.2) is 30.1 Å². The molecule has 2 aromatic rings. The minimum absolute atomic E-state index is 0.497. The van der Waals surface area contributed by atoms with Gasteiger partial charge in [0.25, 0.3) is 0 Å². The molecule has 4 nitrogen and oxygen atoms in total. The van der Waals surface area contributed by atoms with E-state index in [2.05, 4.69) is 57.9 Å². The van der Waals surface area contributed by atoms with Crippen LogP contribution in [0.5, 0.6) is 0 Å². The number of nitrogens with one attached hydrogen (secondary N) is 2. The van der Waals surface area contributed by atoms with E-state index in [1.807, 2.05) is 6.07 Å². The standard InChI is InChI=1S/C18H24N4S/c1-2-19-18(21-14-8-3-4-9-14)20-13-7-12-17-22-15-10-5-6-11-16(15)23-17/h3-6,10-11,14H,2,7-9,12-13H2,1H3,(H2,19,20,21). The van der Waals surface area contributed by atoms with Gasteiger partial charge in [-0.2, -0.15) is 0 Å². The Balaban J connectivity index is 1.49. The van der Waals surface area contributed by atoms with Gasteiger partial charge in [0.15, 0.2) is 5.96 Å². The molecule has 0 bridgehead atoms. The molecule has 2 N–H and O–H groups in total. The van der Waals surface area contributed by atoms with Crippen molar-refractivity contribution < 1.29 is 0 Å². The first-order valence-electron chi connectivity index (χ1n) is 8.39. The summed E-state index contributed by atoms with van der Waals surface area (Å²) in [5.74, 6) is 0.936. The van der Waals surface area contributed by atoms with Crippen LogP contribution < -0.4 is 10.6 Å². The Kier molecular flexibility index (Phi) is 5.64. The predicted octanol–water partition coefficient (Wildman–Crippen LogP) is 3.50. The zero-order valence-corrected chi connectivity index (χ0v) is 14.4. The summed E-state index contributed by atoms with van der Waals surface area (Å²) in [6, 6.07) is 8.83. The molecular weight excluding hydrogens is 304 g/mol. The van der Waals surface area contributed by atoms with Gasteiger partial charge in [-0.05, 0) is 38.3 Å². The third kappa shape index (κ3) is 4.55. The van der Waals surface area contributed by atoms with Gasteiger partial charge in [0.1, 0.15) is 0 Å². The van der Waals surface area contributed by atoms with Crippen molar-refractivity contribution in [3.63, 3.8) is 0 Å². The highest BCUT2D eigenvalue weighted by Crippen LogP contribution is 2.22. The summed E-state index contributed by atoms with van der Waals surface area (Å²) in [6.07, 6.45) is 8.67. The summed E-state index contributed by atoms with van der Waals surface area (Å²) in [5, 5.41) is 8.04. The maximum atomic E-state index is 4.69. The first-order chi connectivity index (χ1) is 11.3. The number of aromatic nitrogens is 1. The van der Waals surface area contributed by atoms with Crippen LogP contribution in [0, 0.1) is 0 Å². The van der Waals surface area contributed by atoms with Crippen LogP contribution in [0.15, 0.2) is 41.4 Å². The number of benzene rings is 1. The van der Waals surface area contributed by atoms with Crippen LogP contribution in [0.1, 0.15) is 31.2 Å². The normalized spacial score (nSPS) is 15.4. The summed E-state index contributed by atoms with van der Waals surface area (Å²) in [6.45, 7) is 3.82. The van der Waals surface area contributed by atoms with Crippen molar-refractivity contribution in [3.8, 4) is 0 Å². The predicted molar refractivity (Wildman–Crippen MR) is 99.2 cm³/mol. The lowest BCUT2D eigenvalue weighted by Gasteiger charge is -2.16. The molecule has 1 aromatic carbocycles. The molecule has 0 unspecified atom stereocenters. The van der Waals surface area contributed by atoms with Gasteiger partial charge in [0.2, 0.25) is 0 Å². The minimum atomic E-state index is 0.497. The minimum Gasteiger partial charge on any atom is -0.357 e. The van der Waals surface area contributed by atoms with E-state index in [0.717, 1.165) is 50.2 Å². The molecule has 5 heteroatoms. The molecule has 0 saturated carbocycles. The number of thiazole rings is 1. The van der Waals surface area contributed by atoms with E-state index < -0.39 is 0 Å². The molecule has 0 aliphatic heterocycles. The van der Waals surface area contributed by atoms with Crippen LogP contribution in [0.25, 0.3) is 10.2 Å². The summed E-state index contributed by atoms with van der Waals surface area (Å²) in [4.78, 5) is 9.37. The molecule has 23 heavy (non-hydrogen) atoms. The summed E-state index contributed by atoms with van der Waals surface area (Å²) in [7, 11) is 0. The lowest BCUT2D eigenvalue weighted by molar-refractivity contribution is 0.632. The number of rotatable bonds is 6. The zero-order chi connectivity index (χ0) is 15.9. The fourth-order valence-electron chi connectivity index (χ4n) is 2.70. The second kappa shape index (κ2) is 8.11. The highest BCUT2D eigenvalue weighted by Gasteiger charge is 2.11. The van der Waals surface area contributed by atoms with Crippen LogP contribution in [0.3, 0.4) is 0 Å². The van der Waals surface area contributed by atoms with Gasteiger partial charge in [-0.1, -0.05) is 24.3 Å². The van der Waals surface area contributed by atoms with Crippen LogP contribution >= 0.6 is 11.3 Å². The number of fused-ring (bicyclic) bond motifs is 1. The topological polar surface area (TPSA) is 49.3 Å². The fraction of sp³-hybridized carbons (Fsp3) is 0.444. The van der Waals surface area contributed by atoms with Crippen molar-refractivity contribution in [2.45, 2.75) is 38.6 Å². The molecule has 0 saturated heterocycles. The molecule has 1 aromatic heterocycles. The Morgan fingerprint density at radius 2 is 2.13 bits per heavy atom. The number of nitrogens with zero attached hydrogens (tertiary/aromatic N) is 2. The van der Waals surface area contributed by atoms with E-state index in [1.165, 1.54) is 9.71 Å². The molecule has 0 amide bonds. The Morgan fingerprint density at radius 1 is 1.30 bits per heavy atom. The second-order valence-corrected chi connectivity index (χ2v) is 6.84. The van der Waals surface area contributed by atoms with Gasteiger partial charge in [0, 0.05) is 25.6 Å². The molecule has 0 radical (unpaired) electrons. The SMILES string of the molecule is CCNC(=NCCCc1nc2ccccc2s1)NC1CC=CC1. The molecule has 1 aliphatic carbocycles. The molecule has 1 aliphatic rings. The molecule has 0 fully saturated rings. The average molecular weight is 328 g/mol. The maximum Gasteiger partial charge on any atom is 0.191 e. The lowest BCUT2D eigenvalue weighted by Crippen LogP contribution is -2.42. The van der Waals surface area contributed by atoms with Crippen molar-refractivity contribution in [1.29, 1.82) is 0 Å². The number of para-hydroxylation sites is 1. The van der Waals surface area contributed by atoms with Crippen molar-refractivity contribution >= 4 is 27.5 Å². The molecule has 1 heterocycles. The first-order valence-corrected chi connectivity index (χ1v) is 9.21. The summed E-state index contributed by atoms with van der Waals surface area (Å²) in [5.41, 5.74) is 1.11. The van der Waals surface area contributed by atoms with Gasteiger partial charge in [-0.3, -0.25) is 4.99 Å². The zero-order valence-electron chi connectivity index (χ0n) is 13.6. The highest BCUT2D eigenvalue weighted by atomic mass is 32.1. The van der Waals surface area contributed by atoms with E-state index in [0.29, 0.717) is 6.04 Å². The molecule has 122 valence electrons. The quantitative estimate of drug-likeness (QED) is 0.369. The Labute approximate surface area is 141 Å². The van der Waals surface area contributed by atoms with E-state index in [1.54, 1.807) is 11.3 Å². The van der Waals surface area contributed by atoms with E-state index in [9.17, 15) is 0 Å². The third-order valence-corrected chi connectivity index (χ3v) is 4.95. The van der Waals surface area contributed by atoms with Crippen molar-refractivity contribution in [2.75, 3.05) is 13.1 Å². The smallest absolute Gasteiger partial charge is 0.191 e. The summed E-state index contributed by atoms with van der Waals surface area (Å²) < 4.78 is 1.27. The number of hydrogen-bond donors (Lipinski definition) is 2. The average Bonchev–Trinajstić information content (AvgIpc) is 3.20. The second-order valence-electron chi connectivity index (χ2n) is 5.72. The van der Waals surface area contributed by atoms with Crippen LogP contribution in [-0.2, 0) is 6.42 Å². The van der Waals surface area contributed by atoms with E-state index >= 15 is 0 Å². The van der Waals surface area contributed by atoms with E-state index in [4.69, 9.17) is 0 Å². The van der Waals surface area contributed by atoms with Gasteiger partial charge < -0.3 is 10.6 Å². The first kappa shape index (κ1) is 16.0. The fourth-order valence-corrected chi connectivity index (χ4v) is 3.71. The van der Waals surface area contributed by atoms with Crippen molar-refractivity contribution in [2.24, 2.45) is 4.99 Å². The molecule has 0 atom stereocenters. The van der Waals surface area contributed by atoms with Crippen LogP contribution in [0.2, 0.25) is 0 Å². The van der Waals surface area contributed by atoms with Crippen molar-refractivity contribution in [1.82, 2.24) is 15.6 Å². The van der Waals surface area contributed by atoms with Gasteiger partial charge in [-0.15, -0.1) is 11.3 Å². The van der Waals surface area contributed by atoms with Crippen molar-refractivity contribution in [3.05, 3.63) is 41.4 Å². The van der Waals surface area contributed by atoms with E-state index in [-0.39, 0.29) is 0 Å². The Morgan fingerprint density at radius 3 is 2.91 bits per heavy atom. The number of guanidine groups is 1. The van der Waals surface area contributed by atoms with Crippen LogP contribution in [0.4, 0.5) is 0 Å². The Hall–Kier alpha value is -1.88. The van der Waals surface area contributed by atoms with Gasteiger partial charge in [0.05, 0.1) is 15.2 Å². The lowest BCUT2D eigenvalue weighted by atomic mass is 10.2. The largest absolute Gasteiger partial charge is 0.357 e. The Bertz CT molecular complexity index is 648. The maximum absolute atomic E-state index is 4.69. The van der Waals surface area contributed by atoms with Gasteiger partial charge in [-0.25, -0.2) is 4.98 Å². The molecule has 0 spiro atoms. The molecule has 3 rings (SSSR count). The highest BCUT2D eigenvalue weighted by molar-refractivity contribution is 7.18. The number of aliphatic imine (C=N–C) groups is 1.